The highest BCUT2D eigenvalue weighted by Gasteiger charge is 2.14. The molecule has 0 aliphatic heterocycles. The van der Waals surface area contributed by atoms with Crippen LogP contribution in [0.4, 0.5) is 0 Å². The number of benzene rings is 1. The second-order valence-corrected chi connectivity index (χ2v) is 6.13. The normalized spacial score (nSPS) is 10.6. The molecule has 0 atom stereocenters. The van der Waals surface area contributed by atoms with Crippen LogP contribution in [0.15, 0.2) is 24.3 Å². The van der Waals surface area contributed by atoms with Crippen molar-refractivity contribution in [3.63, 3.8) is 0 Å². The van der Waals surface area contributed by atoms with E-state index < -0.39 is 0 Å². The summed E-state index contributed by atoms with van der Waals surface area (Å²) in [4.78, 5) is 5.68. The zero-order chi connectivity index (χ0) is 14.5. The molecule has 0 aliphatic rings. The number of hydrogen-bond donors (Lipinski definition) is 0. The molecule has 1 aromatic heterocycles. The minimum atomic E-state index is 0.335. The molecule has 1 heterocycles. The van der Waals surface area contributed by atoms with Crippen LogP contribution in [0.25, 0.3) is 0 Å². The molecule has 0 N–H and O–H groups in total. The molecule has 0 saturated carbocycles. The first-order valence-electron chi connectivity index (χ1n) is 6.65. The largest absolute Gasteiger partial charge is 0.486 e. The maximum Gasteiger partial charge on any atom is 0.140 e. The van der Waals surface area contributed by atoms with Gasteiger partial charge in [0.1, 0.15) is 17.4 Å². The van der Waals surface area contributed by atoms with Crippen LogP contribution in [0.2, 0.25) is 0 Å². The van der Waals surface area contributed by atoms with E-state index in [0.29, 0.717) is 18.9 Å². The minimum Gasteiger partial charge on any atom is -0.486 e. The van der Waals surface area contributed by atoms with Gasteiger partial charge in [-0.05, 0) is 24.5 Å². The van der Waals surface area contributed by atoms with Crippen LogP contribution in [0.5, 0.6) is 5.75 Å². The summed E-state index contributed by atoms with van der Waals surface area (Å²) < 4.78 is 5.81. The fraction of sp³-hybridized carbons (Fsp3) is 0.375. The van der Waals surface area contributed by atoms with Gasteiger partial charge in [0.05, 0.1) is 18.2 Å². The average Bonchev–Trinajstić information content (AvgIpc) is 2.82. The van der Waals surface area contributed by atoms with Crippen LogP contribution in [0.3, 0.4) is 0 Å². The first kappa shape index (κ1) is 14.5. The topological polar surface area (TPSA) is 45.9 Å². The van der Waals surface area contributed by atoms with Gasteiger partial charge in [-0.2, -0.15) is 5.26 Å². The summed E-state index contributed by atoms with van der Waals surface area (Å²) in [6, 6.07) is 10.1. The monoisotopic (exact) mass is 286 g/mol. The summed E-state index contributed by atoms with van der Waals surface area (Å²) in [5, 5.41) is 9.81. The van der Waals surface area contributed by atoms with E-state index in [9.17, 15) is 0 Å². The Kier molecular flexibility index (Phi) is 4.75. The smallest absolute Gasteiger partial charge is 0.140 e. The zero-order valence-corrected chi connectivity index (χ0v) is 12.8. The molecule has 0 amide bonds. The number of para-hydroxylation sites is 1. The van der Waals surface area contributed by atoms with Gasteiger partial charge in [-0.1, -0.05) is 32.0 Å². The van der Waals surface area contributed by atoms with Crippen LogP contribution >= 0.6 is 11.3 Å². The first-order chi connectivity index (χ1) is 9.61. The molecule has 0 spiro atoms. The van der Waals surface area contributed by atoms with Gasteiger partial charge in [0, 0.05) is 4.88 Å². The second-order valence-electron chi connectivity index (χ2n) is 4.96. The fourth-order valence-corrected chi connectivity index (χ4v) is 3.05. The number of thiazole rings is 1. The molecule has 2 rings (SSSR count). The van der Waals surface area contributed by atoms with Crippen molar-refractivity contribution < 1.29 is 4.74 Å². The van der Waals surface area contributed by atoms with E-state index in [4.69, 9.17) is 10.00 Å². The SMILES string of the molecule is Cc1ccccc1OCc1nc(C(C)C)c(CC#N)s1. The predicted octanol–water partition coefficient (Wildman–Crippen LogP) is 4.22. The van der Waals surface area contributed by atoms with E-state index >= 15 is 0 Å². The van der Waals surface area contributed by atoms with E-state index in [1.807, 2.05) is 31.2 Å². The van der Waals surface area contributed by atoms with Gasteiger partial charge in [-0.25, -0.2) is 4.98 Å². The van der Waals surface area contributed by atoms with E-state index in [1.54, 1.807) is 11.3 Å². The molecular weight excluding hydrogens is 268 g/mol. The van der Waals surface area contributed by atoms with Gasteiger partial charge in [-0.3, -0.25) is 0 Å². The number of hydrogen-bond acceptors (Lipinski definition) is 4. The molecule has 20 heavy (non-hydrogen) atoms. The van der Waals surface area contributed by atoms with Crippen LogP contribution in [0, 0.1) is 18.3 Å². The standard InChI is InChI=1S/C16H18N2OS/c1-11(2)16-14(8-9-17)20-15(18-16)10-19-13-7-5-4-6-12(13)3/h4-7,11H,8,10H2,1-3H3. The molecule has 0 bridgehead atoms. The Morgan fingerprint density at radius 1 is 1.35 bits per heavy atom. The number of aromatic nitrogens is 1. The number of nitrogens with zero attached hydrogens (tertiary/aromatic N) is 2. The van der Waals surface area contributed by atoms with Crippen molar-refractivity contribution in [3.05, 3.63) is 45.4 Å². The van der Waals surface area contributed by atoms with E-state index in [2.05, 4.69) is 24.9 Å². The minimum absolute atomic E-state index is 0.335. The molecule has 0 radical (unpaired) electrons. The number of rotatable bonds is 5. The van der Waals surface area contributed by atoms with Crippen LogP contribution in [-0.2, 0) is 13.0 Å². The molecule has 4 heteroatoms. The van der Waals surface area contributed by atoms with Gasteiger partial charge in [0.25, 0.3) is 0 Å². The van der Waals surface area contributed by atoms with Crippen molar-refractivity contribution in [2.45, 2.75) is 39.7 Å². The van der Waals surface area contributed by atoms with Crippen molar-refractivity contribution in [1.82, 2.24) is 4.98 Å². The maximum absolute atomic E-state index is 8.88. The molecular formula is C16H18N2OS. The van der Waals surface area contributed by atoms with Gasteiger partial charge in [0.2, 0.25) is 0 Å². The van der Waals surface area contributed by atoms with Crippen molar-refractivity contribution in [1.29, 1.82) is 5.26 Å². The van der Waals surface area contributed by atoms with Gasteiger partial charge in [-0.15, -0.1) is 11.3 Å². The third kappa shape index (κ3) is 3.37. The molecule has 0 aliphatic carbocycles. The Morgan fingerprint density at radius 3 is 2.75 bits per heavy atom. The third-order valence-electron chi connectivity index (χ3n) is 3.00. The zero-order valence-electron chi connectivity index (χ0n) is 12.0. The summed E-state index contributed by atoms with van der Waals surface area (Å²) in [5.41, 5.74) is 2.14. The highest BCUT2D eigenvalue weighted by molar-refractivity contribution is 7.11. The maximum atomic E-state index is 8.88. The Labute approximate surface area is 123 Å². The predicted molar refractivity (Wildman–Crippen MR) is 81.0 cm³/mol. The molecule has 3 nitrogen and oxygen atoms in total. The quantitative estimate of drug-likeness (QED) is 0.826. The Morgan fingerprint density at radius 2 is 2.10 bits per heavy atom. The lowest BCUT2D eigenvalue weighted by Crippen LogP contribution is -1.97. The number of ether oxygens (including phenoxy) is 1. The highest BCUT2D eigenvalue weighted by atomic mass is 32.1. The lowest BCUT2D eigenvalue weighted by Gasteiger charge is -2.06. The van der Waals surface area contributed by atoms with Gasteiger partial charge in [0.15, 0.2) is 0 Å². The summed E-state index contributed by atoms with van der Waals surface area (Å²) in [7, 11) is 0. The van der Waals surface area contributed by atoms with Gasteiger partial charge >= 0.3 is 0 Å². The Hall–Kier alpha value is -1.86. The van der Waals surface area contributed by atoms with Gasteiger partial charge < -0.3 is 4.74 Å². The molecule has 1 aromatic carbocycles. The number of aryl methyl sites for hydroxylation is 1. The molecule has 0 fully saturated rings. The van der Waals surface area contributed by atoms with E-state index in [0.717, 1.165) is 26.9 Å². The van der Waals surface area contributed by atoms with Crippen molar-refractivity contribution in [2.24, 2.45) is 0 Å². The summed E-state index contributed by atoms with van der Waals surface area (Å²) in [5.74, 6) is 1.22. The van der Waals surface area contributed by atoms with Crippen LogP contribution in [0.1, 0.15) is 40.9 Å². The fourth-order valence-electron chi connectivity index (χ4n) is 1.98. The summed E-state index contributed by atoms with van der Waals surface area (Å²) in [6.45, 7) is 6.68. The molecule has 0 unspecified atom stereocenters. The average molecular weight is 286 g/mol. The summed E-state index contributed by atoms with van der Waals surface area (Å²) in [6.07, 6.45) is 0.426. The van der Waals surface area contributed by atoms with Crippen molar-refractivity contribution in [3.8, 4) is 11.8 Å². The van der Waals surface area contributed by atoms with Crippen molar-refractivity contribution in [2.75, 3.05) is 0 Å². The highest BCUT2D eigenvalue weighted by Crippen LogP contribution is 2.27. The Balaban J connectivity index is 2.12. The second kappa shape index (κ2) is 6.53. The van der Waals surface area contributed by atoms with E-state index in [1.165, 1.54) is 0 Å². The lowest BCUT2D eigenvalue weighted by molar-refractivity contribution is 0.303. The van der Waals surface area contributed by atoms with Crippen LogP contribution < -0.4 is 4.74 Å². The van der Waals surface area contributed by atoms with Crippen molar-refractivity contribution >= 4 is 11.3 Å². The lowest BCUT2D eigenvalue weighted by atomic mass is 10.1. The molecule has 2 aromatic rings. The summed E-state index contributed by atoms with van der Waals surface area (Å²) >= 11 is 1.58. The van der Waals surface area contributed by atoms with Crippen LogP contribution in [-0.4, -0.2) is 4.98 Å². The first-order valence-corrected chi connectivity index (χ1v) is 7.47. The molecule has 0 saturated heterocycles. The third-order valence-corrected chi connectivity index (χ3v) is 4.05. The van der Waals surface area contributed by atoms with E-state index in [-0.39, 0.29) is 0 Å². The Bertz CT molecular complexity index is 626. The number of nitriles is 1. The molecule has 104 valence electrons.